The van der Waals surface area contributed by atoms with Gasteiger partial charge in [0, 0.05) is 23.8 Å². The molecule has 2 aromatic rings. The van der Waals surface area contributed by atoms with Crippen LogP contribution in [-0.2, 0) is 16.0 Å². The van der Waals surface area contributed by atoms with E-state index in [-0.39, 0.29) is 18.4 Å². The fraction of sp³-hybridized carbons (Fsp3) is 0.391. The molecule has 2 amide bonds. The van der Waals surface area contributed by atoms with Crippen LogP contribution in [0.2, 0.25) is 0 Å². The third kappa shape index (κ3) is 6.72. The average molecular weight is 380 g/mol. The highest BCUT2D eigenvalue weighted by molar-refractivity contribution is 5.91. The lowest BCUT2D eigenvalue weighted by atomic mass is 9.95. The van der Waals surface area contributed by atoms with Crippen molar-refractivity contribution in [3.63, 3.8) is 0 Å². The summed E-state index contributed by atoms with van der Waals surface area (Å²) in [6.07, 6.45) is 6.98. The Hall–Kier alpha value is -2.82. The lowest BCUT2D eigenvalue weighted by Gasteiger charge is -2.22. The number of aryl methyl sites for hydroxylation is 1. The van der Waals surface area contributed by atoms with E-state index in [4.69, 9.17) is 0 Å². The number of hydrogen-bond donors (Lipinski definition) is 3. The van der Waals surface area contributed by atoms with E-state index in [0.717, 1.165) is 29.8 Å². The maximum atomic E-state index is 12.2. The largest absolute Gasteiger partial charge is 0.376 e. The molecule has 0 saturated heterocycles. The molecule has 0 radical (unpaired) electrons. The lowest BCUT2D eigenvalue weighted by Crippen LogP contribution is -2.39. The molecule has 0 atom stereocenters. The Bertz CT molecular complexity index is 770. The van der Waals surface area contributed by atoms with Crippen LogP contribution >= 0.6 is 0 Å². The molecule has 5 nitrogen and oxygen atoms in total. The summed E-state index contributed by atoms with van der Waals surface area (Å²) in [5.41, 5.74) is 2.70. The Balaban J connectivity index is 1.42. The number of hydrogen-bond acceptors (Lipinski definition) is 3. The summed E-state index contributed by atoms with van der Waals surface area (Å²) in [7, 11) is 0. The van der Waals surface area contributed by atoms with E-state index in [1.165, 1.54) is 19.3 Å². The predicted octanol–water partition coefficient (Wildman–Crippen LogP) is 4.12. The Morgan fingerprint density at radius 2 is 1.61 bits per heavy atom. The molecule has 2 aromatic carbocycles. The second-order valence-corrected chi connectivity index (χ2v) is 7.37. The van der Waals surface area contributed by atoms with E-state index in [9.17, 15) is 9.59 Å². The highest BCUT2D eigenvalue weighted by Crippen LogP contribution is 2.18. The minimum atomic E-state index is -0.0176. The smallest absolute Gasteiger partial charge is 0.239 e. The second-order valence-electron chi connectivity index (χ2n) is 7.37. The van der Waals surface area contributed by atoms with Gasteiger partial charge in [0.2, 0.25) is 11.8 Å². The standard InChI is InChI=1S/C23H29N3O2/c27-22(15-14-18-8-3-1-4-9-18)26-21-13-7-12-20(16-21)24-17-23(28)25-19-10-5-2-6-11-19/h1,3-4,7-9,12-13,16,19,24H,2,5-6,10-11,14-15,17H2,(H,25,28)(H,26,27). The lowest BCUT2D eigenvalue weighted by molar-refractivity contribution is -0.120. The summed E-state index contributed by atoms with van der Waals surface area (Å²) in [4.78, 5) is 24.3. The van der Waals surface area contributed by atoms with Gasteiger partial charge >= 0.3 is 0 Å². The van der Waals surface area contributed by atoms with Gasteiger partial charge in [-0.1, -0.05) is 55.7 Å². The summed E-state index contributed by atoms with van der Waals surface area (Å²) < 4.78 is 0. The van der Waals surface area contributed by atoms with Gasteiger partial charge in [-0.15, -0.1) is 0 Å². The van der Waals surface area contributed by atoms with Crippen LogP contribution in [0, 0.1) is 0 Å². The van der Waals surface area contributed by atoms with E-state index in [2.05, 4.69) is 16.0 Å². The summed E-state index contributed by atoms with van der Waals surface area (Å²) >= 11 is 0. The predicted molar refractivity (Wildman–Crippen MR) is 113 cm³/mol. The molecular weight excluding hydrogens is 350 g/mol. The molecule has 0 unspecified atom stereocenters. The highest BCUT2D eigenvalue weighted by Gasteiger charge is 2.15. The van der Waals surface area contributed by atoms with Gasteiger partial charge in [-0.2, -0.15) is 0 Å². The zero-order chi connectivity index (χ0) is 19.6. The van der Waals surface area contributed by atoms with Crippen molar-refractivity contribution in [2.75, 3.05) is 17.2 Å². The number of benzene rings is 2. The Morgan fingerprint density at radius 1 is 0.857 bits per heavy atom. The number of carbonyl (C=O) groups excluding carboxylic acids is 2. The summed E-state index contributed by atoms with van der Waals surface area (Å²) in [6.45, 7) is 0.238. The first-order chi connectivity index (χ1) is 13.7. The van der Waals surface area contributed by atoms with E-state index < -0.39 is 0 Å². The topological polar surface area (TPSA) is 70.2 Å². The van der Waals surface area contributed by atoms with E-state index in [0.29, 0.717) is 18.9 Å². The number of rotatable bonds is 8. The van der Waals surface area contributed by atoms with Gasteiger partial charge in [0.25, 0.3) is 0 Å². The van der Waals surface area contributed by atoms with Gasteiger partial charge in [0.05, 0.1) is 6.54 Å². The van der Waals surface area contributed by atoms with Crippen LogP contribution in [0.1, 0.15) is 44.1 Å². The van der Waals surface area contributed by atoms with E-state index in [1.54, 1.807) is 0 Å². The van der Waals surface area contributed by atoms with Crippen molar-refractivity contribution >= 4 is 23.2 Å². The zero-order valence-electron chi connectivity index (χ0n) is 16.2. The first kappa shape index (κ1) is 19.9. The van der Waals surface area contributed by atoms with Crippen LogP contribution in [0.15, 0.2) is 54.6 Å². The second kappa shape index (κ2) is 10.5. The number of amides is 2. The van der Waals surface area contributed by atoms with Gasteiger partial charge in [-0.05, 0) is 43.0 Å². The van der Waals surface area contributed by atoms with Crippen molar-refractivity contribution in [2.24, 2.45) is 0 Å². The first-order valence-corrected chi connectivity index (χ1v) is 10.2. The van der Waals surface area contributed by atoms with Crippen molar-refractivity contribution in [3.8, 4) is 0 Å². The molecule has 28 heavy (non-hydrogen) atoms. The molecule has 3 rings (SSSR count). The molecule has 1 aliphatic rings. The summed E-state index contributed by atoms with van der Waals surface area (Å²) in [5.74, 6) is 0.000226. The molecule has 0 heterocycles. The minimum Gasteiger partial charge on any atom is -0.376 e. The SMILES string of the molecule is O=C(CCc1ccccc1)Nc1cccc(NCC(=O)NC2CCCCC2)c1. The number of anilines is 2. The van der Waals surface area contributed by atoms with Crippen LogP contribution in [0.5, 0.6) is 0 Å². The summed E-state index contributed by atoms with van der Waals surface area (Å²) in [6, 6.07) is 17.8. The summed E-state index contributed by atoms with van der Waals surface area (Å²) in [5, 5.41) is 9.17. The van der Waals surface area contributed by atoms with Crippen LogP contribution in [0.3, 0.4) is 0 Å². The molecule has 148 valence electrons. The fourth-order valence-corrected chi connectivity index (χ4v) is 3.54. The van der Waals surface area contributed by atoms with Gasteiger partial charge in [-0.3, -0.25) is 9.59 Å². The maximum absolute atomic E-state index is 12.2. The van der Waals surface area contributed by atoms with Crippen LogP contribution < -0.4 is 16.0 Å². The average Bonchev–Trinajstić information content (AvgIpc) is 2.73. The molecule has 5 heteroatoms. The molecular formula is C23H29N3O2. The van der Waals surface area contributed by atoms with Crippen LogP contribution in [0.4, 0.5) is 11.4 Å². The van der Waals surface area contributed by atoms with Gasteiger partial charge in [-0.25, -0.2) is 0 Å². The molecule has 0 aliphatic heterocycles. The fourth-order valence-electron chi connectivity index (χ4n) is 3.54. The maximum Gasteiger partial charge on any atom is 0.239 e. The Kier molecular flexibility index (Phi) is 7.47. The van der Waals surface area contributed by atoms with Crippen molar-refractivity contribution in [1.29, 1.82) is 0 Å². The number of carbonyl (C=O) groups is 2. The normalized spacial score (nSPS) is 14.3. The Morgan fingerprint density at radius 3 is 2.39 bits per heavy atom. The molecule has 1 fully saturated rings. The quantitative estimate of drug-likeness (QED) is 0.646. The van der Waals surface area contributed by atoms with Crippen LogP contribution in [-0.4, -0.2) is 24.4 Å². The molecule has 1 saturated carbocycles. The van der Waals surface area contributed by atoms with Crippen molar-refractivity contribution < 1.29 is 9.59 Å². The monoisotopic (exact) mass is 379 g/mol. The van der Waals surface area contributed by atoms with Crippen molar-refractivity contribution in [2.45, 2.75) is 51.0 Å². The molecule has 1 aliphatic carbocycles. The van der Waals surface area contributed by atoms with E-state index in [1.807, 2.05) is 54.6 Å². The third-order valence-electron chi connectivity index (χ3n) is 5.05. The molecule has 0 aromatic heterocycles. The third-order valence-corrected chi connectivity index (χ3v) is 5.05. The highest BCUT2D eigenvalue weighted by atomic mass is 16.2. The molecule has 3 N–H and O–H groups in total. The van der Waals surface area contributed by atoms with Gasteiger partial charge in [0.1, 0.15) is 0 Å². The minimum absolute atomic E-state index is 0.0176. The van der Waals surface area contributed by atoms with Gasteiger partial charge in [0.15, 0.2) is 0 Å². The van der Waals surface area contributed by atoms with E-state index >= 15 is 0 Å². The van der Waals surface area contributed by atoms with Crippen molar-refractivity contribution in [3.05, 3.63) is 60.2 Å². The first-order valence-electron chi connectivity index (χ1n) is 10.2. The molecule has 0 bridgehead atoms. The molecule has 0 spiro atoms. The Labute approximate surface area is 166 Å². The zero-order valence-corrected chi connectivity index (χ0v) is 16.2. The van der Waals surface area contributed by atoms with Gasteiger partial charge < -0.3 is 16.0 Å². The number of nitrogens with one attached hydrogen (secondary N) is 3. The van der Waals surface area contributed by atoms with Crippen molar-refractivity contribution in [1.82, 2.24) is 5.32 Å². The van der Waals surface area contributed by atoms with Crippen LogP contribution in [0.25, 0.3) is 0 Å².